The van der Waals surface area contributed by atoms with E-state index >= 15 is 0 Å². The van der Waals surface area contributed by atoms with E-state index in [2.05, 4.69) is 35.9 Å². The van der Waals surface area contributed by atoms with Crippen molar-refractivity contribution in [2.24, 2.45) is 0 Å². The van der Waals surface area contributed by atoms with Gasteiger partial charge in [0, 0.05) is 12.5 Å². The largest absolute Gasteiger partial charge is 0.418 e. The molecule has 0 amide bonds. The van der Waals surface area contributed by atoms with Crippen LogP contribution >= 0.6 is 15.9 Å². The first-order chi connectivity index (χ1) is 6.73. The van der Waals surface area contributed by atoms with E-state index in [-0.39, 0.29) is 10.1 Å². The van der Waals surface area contributed by atoms with Gasteiger partial charge in [0.25, 0.3) is 0 Å². The maximum absolute atomic E-state index is 11.6. The molecule has 0 spiro atoms. The number of hydrogen-bond donors (Lipinski definition) is 0. The van der Waals surface area contributed by atoms with Crippen molar-refractivity contribution < 1.29 is 9.22 Å². The summed E-state index contributed by atoms with van der Waals surface area (Å²) in [5, 5.41) is 0. The van der Waals surface area contributed by atoms with Crippen molar-refractivity contribution in [2.75, 3.05) is 0 Å². The summed E-state index contributed by atoms with van der Waals surface area (Å²) in [6.45, 7) is 10.2. The minimum atomic E-state index is -0.923. The van der Waals surface area contributed by atoms with Crippen LogP contribution in [0.1, 0.15) is 40.0 Å². The van der Waals surface area contributed by atoms with Crippen LogP contribution in [0.2, 0.25) is 13.1 Å². The van der Waals surface area contributed by atoms with Crippen molar-refractivity contribution in [3.63, 3.8) is 0 Å². The average molecular weight is 295 g/mol. The third-order valence-electron chi connectivity index (χ3n) is 2.18. The molecule has 1 unspecified atom stereocenters. The molecule has 0 heterocycles. The molecule has 0 aromatic heterocycles. The van der Waals surface area contributed by atoms with Gasteiger partial charge in [-0.05, 0) is 46.7 Å². The van der Waals surface area contributed by atoms with Gasteiger partial charge in [-0.2, -0.15) is 0 Å². The second kappa shape index (κ2) is 6.81. The third-order valence-corrected chi connectivity index (χ3v) is 3.63. The van der Waals surface area contributed by atoms with Crippen LogP contribution in [-0.4, -0.2) is 25.3 Å². The topological polar surface area (TPSA) is 26.3 Å². The van der Waals surface area contributed by atoms with Crippen molar-refractivity contribution in [1.82, 2.24) is 0 Å². The van der Waals surface area contributed by atoms with Crippen molar-refractivity contribution in [2.45, 2.75) is 63.6 Å². The Hall–Kier alpha value is 0.327. The van der Waals surface area contributed by atoms with Gasteiger partial charge >= 0.3 is 0 Å². The van der Waals surface area contributed by atoms with Gasteiger partial charge in [0.2, 0.25) is 0 Å². The maximum atomic E-state index is 11.6. The van der Waals surface area contributed by atoms with E-state index in [1.54, 1.807) is 0 Å². The second-order valence-electron chi connectivity index (χ2n) is 4.78. The Morgan fingerprint density at radius 3 is 2.40 bits per heavy atom. The van der Waals surface area contributed by atoms with Crippen LogP contribution in [0.25, 0.3) is 0 Å². The molecule has 2 nitrogen and oxygen atoms in total. The minimum Gasteiger partial charge on any atom is -0.418 e. The van der Waals surface area contributed by atoms with E-state index < -0.39 is 9.04 Å². The van der Waals surface area contributed by atoms with Crippen LogP contribution in [0.15, 0.2) is 0 Å². The number of carbonyl (C=O) groups is 1. The fourth-order valence-electron chi connectivity index (χ4n) is 1.38. The molecular weight excluding hydrogens is 272 g/mol. The van der Waals surface area contributed by atoms with Gasteiger partial charge in [-0.25, -0.2) is 0 Å². The molecular formula is C11H23BrO2Si. The van der Waals surface area contributed by atoms with E-state index in [0.717, 1.165) is 12.8 Å². The van der Waals surface area contributed by atoms with E-state index in [9.17, 15) is 4.79 Å². The molecule has 0 aliphatic carbocycles. The Morgan fingerprint density at radius 1 is 1.47 bits per heavy atom. The number of hydrogen-bond acceptors (Lipinski definition) is 2. The van der Waals surface area contributed by atoms with Gasteiger partial charge in [-0.15, -0.1) is 0 Å². The molecule has 0 aliphatic heterocycles. The first-order valence-electron chi connectivity index (χ1n) is 5.61. The zero-order valence-electron chi connectivity index (χ0n) is 10.5. The summed E-state index contributed by atoms with van der Waals surface area (Å²) in [4.78, 5) is 11.6. The first kappa shape index (κ1) is 15.3. The average Bonchev–Trinajstić information content (AvgIpc) is 2.00. The number of alkyl halides is 1. The summed E-state index contributed by atoms with van der Waals surface area (Å²) in [6, 6.07) is 0. The summed E-state index contributed by atoms with van der Waals surface area (Å²) >= 11 is 3.38. The lowest BCUT2D eigenvalue weighted by atomic mass is 10.0. The Morgan fingerprint density at radius 2 is 2.00 bits per heavy atom. The monoisotopic (exact) mass is 294 g/mol. The molecule has 0 saturated carbocycles. The normalized spacial score (nSPS) is 14.3. The number of Topliss-reactive ketones (excluding diaryl/α,β-unsaturated/α-hetero) is 1. The van der Waals surface area contributed by atoms with Gasteiger partial charge < -0.3 is 4.43 Å². The lowest BCUT2D eigenvalue weighted by Crippen LogP contribution is -2.24. The molecule has 4 heteroatoms. The zero-order chi connectivity index (χ0) is 12.1. The predicted molar refractivity (Wildman–Crippen MR) is 71.3 cm³/mol. The van der Waals surface area contributed by atoms with Crippen LogP contribution < -0.4 is 0 Å². The molecule has 0 saturated heterocycles. The van der Waals surface area contributed by atoms with E-state index in [1.807, 2.05) is 13.8 Å². The van der Waals surface area contributed by atoms with Gasteiger partial charge in [0.1, 0.15) is 5.78 Å². The quantitative estimate of drug-likeness (QED) is 0.532. The highest BCUT2D eigenvalue weighted by molar-refractivity contribution is 9.10. The standard InChI is InChI=1S/C11H23BrO2Si/c1-9(14-15(4)5)7-6-8-10(13)11(2,3)12/h9,15H,6-8H2,1-5H3. The first-order valence-corrected chi connectivity index (χ1v) is 9.18. The lowest BCUT2D eigenvalue weighted by Gasteiger charge is -2.17. The molecule has 1 atom stereocenters. The van der Waals surface area contributed by atoms with Gasteiger partial charge in [-0.3, -0.25) is 4.79 Å². The van der Waals surface area contributed by atoms with Gasteiger partial charge in [-0.1, -0.05) is 15.9 Å². The molecule has 0 fully saturated rings. The highest BCUT2D eigenvalue weighted by atomic mass is 79.9. The highest BCUT2D eigenvalue weighted by Gasteiger charge is 2.22. The van der Waals surface area contributed by atoms with Crippen LogP contribution in [0.3, 0.4) is 0 Å². The summed E-state index contributed by atoms with van der Waals surface area (Å²) in [7, 11) is -0.923. The van der Waals surface area contributed by atoms with Crippen molar-refractivity contribution in [3.8, 4) is 0 Å². The molecule has 0 aromatic rings. The predicted octanol–water partition coefficient (Wildman–Crippen LogP) is 3.29. The van der Waals surface area contributed by atoms with Gasteiger partial charge in [0.05, 0.1) is 4.32 Å². The van der Waals surface area contributed by atoms with Crippen LogP contribution in [0.4, 0.5) is 0 Å². The summed E-state index contributed by atoms with van der Waals surface area (Å²) in [5.41, 5.74) is 0. The SMILES string of the molecule is CC(CCCC(=O)C(C)(C)Br)O[SiH](C)C. The van der Waals surface area contributed by atoms with E-state index in [1.165, 1.54) is 0 Å². The Kier molecular flexibility index (Phi) is 6.96. The van der Waals surface area contributed by atoms with E-state index in [0.29, 0.717) is 12.5 Å². The fourth-order valence-corrected chi connectivity index (χ4v) is 2.64. The molecule has 15 heavy (non-hydrogen) atoms. The minimum absolute atomic E-state index is 0.275. The summed E-state index contributed by atoms with van der Waals surface area (Å²) < 4.78 is 5.36. The Balaban J connectivity index is 3.67. The summed E-state index contributed by atoms with van der Waals surface area (Å²) in [5.74, 6) is 0.275. The molecule has 0 N–H and O–H groups in total. The van der Waals surface area contributed by atoms with Crippen molar-refractivity contribution >= 4 is 30.8 Å². The summed E-state index contributed by atoms with van der Waals surface area (Å²) in [6.07, 6.45) is 2.87. The van der Waals surface area contributed by atoms with Crippen molar-refractivity contribution in [1.29, 1.82) is 0 Å². The lowest BCUT2D eigenvalue weighted by molar-refractivity contribution is -0.120. The number of rotatable bonds is 7. The van der Waals surface area contributed by atoms with Gasteiger partial charge in [0.15, 0.2) is 9.04 Å². The second-order valence-corrected chi connectivity index (χ2v) is 9.14. The molecule has 0 radical (unpaired) electrons. The van der Waals surface area contributed by atoms with Crippen LogP contribution in [0, 0.1) is 0 Å². The highest BCUT2D eigenvalue weighted by Crippen LogP contribution is 2.20. The van der Waals surface area contributed by atoms with Crippen LogP contribution in [0.5, 0.6) is 0 Å². The fraction of sp³-hybridized carbons (Fsp3) is 0.909. The Labute approximate surface area is 104 Å². The smallest absolute Gasteiger partial charge is 0.171 e. The van der Waals surface area contributed by atoms with Crippen molar-refractivity contribution in [3.05, 3.63) is 0 Å². The third kappa shape index (κ3) is 8.17. The maximum Gasteiger partial charge on any atom is 0.171 e. The van der Waals surface area contributed by atoms with E-state index in [4.69, 9.17) is 4.43 Å². The van der Waals surface area contributed by atoms with Crippen LogP contribution in [-0.2, 0) is 9.22 Å². The molecule has 0 rings (SSSR count). The molecule has 90 valence electrons. The molecule has 0 aliphatic rings. The Bertz CT molecular complexity index is 199. The zero-order valence-corrected chi connectivity index (χ0v) is 13.2. The number of carbonyl (C=O) groups excluding carboxylic acids is 1. The number of ketones is 1. The molecule has 0 bridgehead atoms. The number of halogens is 1. The molecule has 0 aromatic carbocycles.